The molecule has 0 radical (unpaired) electrons. The Hall–Kier alpha value is -1.77. The zero-order valence-electron chi connectivity index (χ0n) is 14.8. The van der Waals surface area contributed by atoms with Crippen LogP contribution < -0.4 is 10.5 Å². The summed E-state index contributed by atoms with van der Waals surface area (Å²) in [6.45, 7) is 4.84. The quantitative estimate of drug-likeness (QED) is 0.751. The van der Waals surface area contributed by atoms with E-state index in [1.165, 1.54) is 12.3 Å². The number of rotatable bonds is 7. The maximum atomic E-state index is 13.5. The minimum atomic E-state index is -4.57. The van der Waals surface area contributed by atoms with Gasteiger partial charge in [0, 0.05) is 43.0 Å². The molecule has 0 saturated heterocycles. The van der Waals surface area contributed by atoms with E-state index in [1.54, 1.807) is 13.8 Å². The topological polar surface area (TPSA) is 67.2 Å². The number of hydrogen-bond acceptors (Lipinski definition) is 4. The lowest BCUT2D eigenvalue weighted by atomic mass is 10.0. The number of nitrogens with two attached hydrogens (primary N) is 1. The zero-order chi connectivity index (χ0) is 19.5. The van der Waals surface area contributed by atoms with Gasteiger partial charge in [-0.25, -0.2) is 0 Å². The molecule has 0 aliphatic heterocycles. The molecule has 0 aliphatic rings. The second-order valence-electron chi connectivity index (χ2n) is 6.26. The molecule has 2 rings (SSSR count). The van der Waals surface area contributed by atoms with Crippen LogP contribution in [-0.2, 0) is 12.7 Å². The predicted molar refractivity (Wildman–Crippen MR) is 95.2 cm³/mol. The molecule has 1 aromatic carbocycles. The fraction of sp³-hybridized carbons (Fsp3) is 0.471. The first-order valence-electron chi connectivity index (χ1n) is 8.12. The molecule has 26 heavy (non-hydrogen) atoms. The summed E-state index contributed by atoms with van der Waals surface area (Å²) in [5.41, 5.74) is 6.01. The second kappa shape index (κ2) is 8.28. The highest BCUT2D eigenvalue weighted by Crippen LogP contribution is 2.43. The molecule has 9 heteroatoms. The highest BCUT2D eigenvalue weighted by Gasteiger charge is 2.36. The van der Waals surface area contributed by atoms with Gasteiger partial charge in [-0.15, -0.1) is 0 Å². The number of alkyl halides is 3. The van der Waals surface area contributed by atoms with Gasteiger partial charge in [-0.3, -0.25) is 10.00 Å². The average molecular weight is 391 g/mol. The summed E-state index contributed by atoms with van der Waals surface area (Å²) in [5, 5.41) is 7.00. The van der Waals surface area contributed by atoms with E-state index in [-0.39, 0.29) is 16.3 Å². The van der Waals surface area contributed by atoms with Crippen molar-refractivity contribution in [2.75, 3.05) is 20.1 Å². The van der Waals surface area contributed by atoms with Gasteiger partial charge in [-0.2, -0.15) is 18.3 Å². The van der Waals surface area contributed by atoms with Crippen LogP contribution in [0.3, 0.4) is 0 Å². The summed E-state index contributed by atoms with van der Waals surface area (Å²) in [7, 11) is 1.85. The number of halogens is 4. The summed E-state index contributed by atoms with van der Waals surface area (Å²) in [6, 6.07) is 2.22. The minimum Gasteiger partial charge on any atom is -0.490 e. The van der Waals surface area contributed by atoms with Crippen molar-refractivity contribution < 1.29 is 17.9 Å². The molecule has 144 valence electrons. The Kier molecular flexibility index (Phi) is 6.54. The lowest BCUT2D eigenvalue weighted by Crippen LogP contribution is -2.25. The van der Waals surface area contributed by atoms with Gasteiger partial charge in [0.05, 0.1) is 22.4 Å². The van der Waals surface area contributed by atoms with Crippen molar-refractivity contribution in [3.8, 4) is 16.9 Å². The predicted octanol–water partition coefficient (Wildman–Crippen LogP) is 3.93. The van der Waals surface area contributed by atoms with Crippen LogP contribution in [0, 0.1) is 0 Å². The molecule has 0 aliphatic carbocycles. The average Bonchev–Trinajstić information content (AvgIpc) is 2.93. The van der Waals surface area contributed by atoms with E-state index in [9.17, 15) is 13.2 Å². The zero-order valence-corrected chi connectivity index (χ0v) is 15.6. The van der Waals surface area contributed by atoms with E-state index in [4.69, 9.17) is 22.1 Å². The van der Waals surface area contributed by atoms with E-state index >= 15 is 0 Å². The fourth-order valence-corrected chi connectivity index (χ4v) is 2.82. The van der Waals surface area contributed by atoms with Crippen LogP contribution in [0.5, 0.6) is 5.75 Å². The van der Waals surface area contributed by atoms with Crippen LogP contribution >= 0.6 is 11.6 Å². The van der Waals surface area contributed by atoms with Gasteiger partial charge in [0.2, 0.25) is 0 Å². The molecule has 0 atom stereocenters. The first-order valence-corrected chi connectivity index (χ1v) is 8.50. The van der Waals surface area contributed by atoms with E-state index in [0.29, 0.717) is 30.9 Å². The second-order valence-corrected chi connectivity index (χ2v) is 6.67. The number of nitrogens with zero attached hydrogens (tertiary/aromatic N) is 2. The van der Waals surface area contributed by atoms with Crippen LogP contribution in [-0.4, -0.2) is 41.3 Å². The Morgan fingerprint density at radius 2 is 2.00 bits per heavy atom. The largest absolute Gasteiger partial charge is 0.490 e. The third kappa shape index (κ3) is 4.90. The number of benzene rings is 1. The molecular weight excluding hydrogens is 369 g/mol. The van der Waals surface area contributed by atoms with Gasteiger partial charge in [-0.1, -0.05) is 11.6 Å². The Labute approximate surface area is 155 Å². The van der Waals surface area contributed by atoms with Gasteiger partial charge in [-0.05, 0) is 27.0 Å². The lowest BCUT2D eigenvalue weighted by Gasteiger charge is -2.19. The molecule has 1 aromatic heterocycles. The monoisotopic (exact) mass is 390 g/mol. The van der Waals surface area contributed by atoms with Crippen LogP contribution in [0.2, 0.25) is 5.02 Å². The van der Waals surface area contributed by atoms with Crippen molar-refractivity contribution in [1.29, 1.82) is 0 Å². The molecule has 2 aromatic rings. The molecule has 0 spiro atoms. The number of nitrogens with one attached hydrogen (secondary N) is 1. The number of aromatic nitrogens is 2. The smallest absolute Gasteiger partial charge is 0.419 e. The van der Waals surface area contributed by atoms with E-state index < -0.39 is 17.8 Å². The van der Waals surface area contributed by atoms with Crippen molar-refractivity contribution in [2.45, 2.75) is 32.7 Å². The normalized spacial score (nSPS) is 12.2. The molecule has 1 heterocycles. The summed E-state index contributed by atoms with van der Waals surface area (Å²) < 4.78 is 45.8. The summed E-state index contributed by atoms with van der Waals surface area (Å²) >= 11 is 6.27. The third-order valence-electron chi connectivity index (χ3n) is 3.68. The van der Waals surface area contributed by atoms with Crippen LogP contribution in [0.1, 0.15) is 25.1 Å². The Balaban J connectivity index is 2.50. The van der Waals surface area contributed by atoms with E-state index in [2.05, 4.69) is 10.2 Å². The molecule has 0 saturated carbocycles. The van der Waals surface area contributed by atoms with Gasteiger partial charge in [0.15, 0.2) is 0 Å². The van der Waals surface area contributed by atoms with Gasteiger partial charge in [0.1, 0.15) is 5.75 Å². The fourth-order valence-electron chi connectivity index (χ4n) is 2.56. The summed E-state index contributed by atoms with van der Waals surface area (Å²) in [4.78, 5) is 1.93. The molecule has 5 nitrogen and oxygen atoms in total. The highest BCUT2D eigenvalue weighted by atomic mass is 35.5. The van der Waals surface area contributed by atoms with Crippen molar-refractivity contribution in [2.24, 2.45) is 5.73 Å². The summed E-state index contributed by atoms with van der Waals surface area (Å²) in [5.74, 6) is -0.286. The van der Waals surface area contributed by atoms with Crippen molar-refractivity contribution in [3.05, 3.63) is 34.6 Å². The Morgan fingerprint density at radius 1 is 1.31 bits per heavy atom. The first-order chi connectivity index (χ1) is 12.1. The highest BCUT2D eigenvalue weighted by molar-refractivity contribution is 6.33. The van der Waals surface area contributed by atoms with Crippen molar-refractivity contribution in [3.63, 3.8) is 0 Å². The molecular formula is C17H22ClF3N4O. The number of ether oxygens (including phenoxy) is 1. The minimum absolute atomic E-state index is 0.165. The van der Waals surface area contributed by atoms with Crippen LogP contribution in [0.4, 0.5) is 13.2 Å². The van der Waals surface area contributed by atoms with Crippen molar-refractivity contribution >= 4 is 11.6 Å². The molecule has 0 amide bonds. The Bertz CT molecular complexity index is 746. The SMILES string of the molecule is CC(C)Oc1cc(Cl)c(-c2c[nH]nc2CN(C)CCN)cc1C(F)(F)F. The van der Waals surface area contributed by atoms with Gasteiger partial charge < -0.3 is 10.5 Å². The maximum Gasteiger partial charge on any atom is 0.419 e. The lowest BCUT2D eigenvalue weighted by molar-refractivity contribution is -0.139. The van der Waals surface area contributed by atoms with E-state index in [1.807, 2.05) is 11.9 Å². The van der Waals surface area contributed by atoms with Crippen molar-refractivity contribution in [1.82, 2.24) is 15.1 Å². The number of H-pyrrole nitrogens is 1. The van der Waals surface area contributed by atoms with Gasteiger partial charge >= 0.3 is 6.18 Å². The standard InChI is InChI=1S/C17H22ClF3N4O/c1-10(2)26-16-7-14(18)11(6-13(16)17(19,20)21)12-8-23-24-15(12)9-25(3)5-4-22/h6-8,10H,4-5,9,22H2,1-3H3,(H,23,24). The molecule has 0 unspecified atom stereocenters. The molecule has 3 N–H and O–H groups in total. The molecule has 0 bridgehead atoms. The number of likely N-dealkylation sites (N-methyl/N-ethyl adjacent to an activating group) is 1. The number of aromatic amines is 1. The Morgan fingerprint density at radius 3 is 2.58 bits per heavy atom. The summed E-state index contributed by atoms with van der Waals surface area (Å²) in [6.07, 6.45) is -3.44. The first kappa shape index (κ1) is 20.5. The van der Waals surface area contributed by atoms with Crippen LogP contribution in [0.15, 0.2) is 18.3 Å². The van der Waals surface area contributed by atoms with E-state index in [0.717, 1.165) is 6.07 Å². The number of hydrogen-bond donors (Lipinski definition) is 2. The molecule has 0 fully saturated rings. The van der Waals surface area contributed by atoms with Gasteiger partial charge in [0.25, 0.3) is 0 Å². The van der Waals surface area contributed by atoms with Crippen LogP contribution in [0.25, 0.3) is 11.1 Å². The third-order valence-corrected chi connectivity index (χ3v) is 3.99. The maximum absolute atomic E-state index is 13.5.